The van der Waals surface area contributed by atoms with Crippen LogP contribution in [0.4, 0.5) is 16.6 Å². The number of carbonyl (C=O) groups excluding carboxylic acids is 1. The number of cyclic esters (lactones) is 1. The Morgan fingerprint density at radius 2 is 1.94 bits per heavy atom. The van der Waals surface area contributed by atoms with Crippen LogP contribution in [0.3, 0.4) is 0 Å². The van der Waals surface area contributed by atoms with Crippen LogP contribution in [-0.4, -0.2) is 50.1 Å². The van der Waals surface area contributed by atoms with Gasteiger partial charge in [0.05, 0.1) is 6.10 Å². The van der Waals surface area contributed by atoms with Crippen LogP contribution in [-0.2, 0) is 4.74 Å². The Kier molecular flexibility index (Phi) is 5.94. The van der Waals surface area contributed by atoms with E-state index in [4.69, 9.17) is 32.5 Å². The van der Waals surface area contributed by atoms with Gasteiger partial charge >= 0.3 is 6.09 Å². The highest BCUT2D eigenvalue weighted by atomic mass is 35.5. The molecule has 0 radical (unpaired) electrons. The molecule has 31 heavy (non-hydrogen) atoms. The zero-order valence-corrected chi connectivity index (χ0v) is 18.0. The number of aliphatic hydroxyl groups excluding tert-OH is 1. The Morgan fingerprint density at radius 3 is 2.65 bits per heavy atom. The predicted molar refractivity (Wildman–Crippen MR) is 113 cm³/mol. The third-order valence-corrected chi connectivity index (χ3v) is 5.10. The summed E-state index contributed by atoms with van der Waals surface area (Å²) in [4.78, 5) is 26.3. The number of carbonyl (C=O) groups is 1. The minimum absolute atomic E-state index is 0.0484. The molecule has 1 aliphatic heterocycles. The minimum Gasteiger partial charge on any atom is -0.447 e. The monoisotopic (exact) mass is 464 g/mol. The SMILES string of the molecule is C[C@H](Nc1nc(Cl)cc(N2C(=O)OC[C@@H]2[C@@H](C)O)n1)c1nc(-c2ccc(Cl)cc2)no1. The van der Waals surface area contributed by atoms with Crippen LogP contribution in [0.1, 0.15) is 25.8 Å². The molecule has 0 unspecified atom stereocenters. The number of nitrogens with one attached hydrogen (secondary N) is 1. The second-order valence-corrected chi connectivity index (χ2v) is 7.78. The predicted octanol–water partition coefficient (Wildman–Crippen LogP) is 3.71. The summed E-state index contributed by atoms with van der Waals surface area (Å²) in [6.07, 6.45) is -1.44. The Hall–Kier alpha value is -2.95. The van der Waals surface area contributed by atoms with Crippen molar-refractivity contribution >= 4 is 41.1 Å². The van der Waals surface area contributed by atoms with Gasteiger partial charge in [0, 0.05) is 16.7 Å². The maximum atomic E-state index is 12.1. The molecule has 2 aromatic heterocycles. The lowest BCUT2D eigenvalue weighted by Gasteiger charge is -2.23. The van der Waals surface area contributed by atoms with Crippen LogP contribution in [0.15, 0.2) is 34.9 Å². The van der Waals surface area contributed by atoms with E-state index in [9.17, 15) is 9.90 Å². The molecular weight excluding hydrogens is 447 g/mol. The maximum Gasteiger partial charge on any atom is 0.416 e. The molecule has 0 saturated carbocycles. The van der Waals surface area contributed by atoms with Crippen molar-refractivity contribution in [2.75, 3.05) is 16.8 Å². The number of benzene rings is 1. The van der Waals surface area contributed by atoms with Gasteiger partial charge in [0.15, 0.2) is 0 Å². The van der Waals surface area contributed by atoms with E-state index in [1.54, 1.807) is 38.1 Å². The second kappa shape index (κ2) is 8.66. The summed E-state index contributed by atoms with van der Waals surface area (Å²) in [5.41, 5.74) is 0.754. The van der Waals surface area contributed by atoms with Crippen molar-refractivity contribution in [3.8, 4) is 11.4 Å². The summed E-state index contributed by atoms with van der Waals surface area (Å²) in [7, 11) is 0. The first-order valence-electron chi connectivity index (χ1n) is 9.36. The number of aliphatic hydroxyl groups is 1. The Balaban J connectivity index is 1.54. The molecule has 1 amide bonds. The van der Waals surface area contributed by atoms with Crippen molar-refractivity contribution in [1.29, 1.82) is 0 Å². The molecule has 1 aliphatic rings. The van der Waals surface area contributed by atoms with Crippen LogP contribution < -0.4 is 10.2 Å². The topological polar surface area (TPSA) is 127 Å². The van der Waals surface area contributed by atoms with E-state index in [1.807, 2.05) is 0 Å². The first-order valence-corrected chi connectivity index (χ1v) is 10.1. The zero-order chi connectivity index (χ0) is 22.1. The molecule has 1 fully saturated rings. The summed E-state index contributed by atoms with van der Waals surface area (Å²) >= 11 is 12.0. The van der Waals surface area contributed by atoms with Crippen LogP contribution in [0, 0.1) is 0 Å². The summed E-state index contributed by atoms with van der Waals surface area (Å²) in [6.45, 7) is 3.40. The number of rotatable bonds is 6. The summed E-state index contributed by atoms with van der Waals surface area (Å²) in [5, 5.41) is 17.7. The molecule has 0 bridgehead atoms. The first kappa shape index (κ1) is 21.3. The van der Waals surface area contributed by atoms with Gasteiger partial charge in [0.1, 0.15) is 29.7 Å². The standard InChI is InChI=1S/C19H18Cl2N6O4/c1-9(17-25-16(26-31-17)11-3-5-12(20)6-4-11)22-18-23-14(21)7-15(24-18)27-13(10(2)28)8-30-19(27)29/h3-7,9-10,13,28H,8H2,1-2H3,(H,22,23,24)/t9-,10+,13+/m0/s1. The van der Waals surface area contributed by atoms with Crippen LogP contribution in [0.5, 0.6) is 0 Å². The van der Waals surface area contributed by atoms with Crippen molar-refractivity contribution in [2.45, 2.75) is 32.0 Å². The Bertz CT molecular complexity index is 1090. The van der Waals surface area contributed by atoms with Gasteiger partial charge in [-0.05, 0) is 38.1 Å². The molecule has 2 N–H and O–H groups in total. The summed E-state index contributed by atoms with van der Waals surface area (Å²) < 4.78 is 10.4. The minimum atomic E-state index is -0.819. The van der Waals surface area contributed by atoms with E-state index in [0.717, 1.165) is 5.56 Å². The van der Waals surface area contributed by atoms with Crippen molar-refractivity contribution in [2.24, 2.45) is 0 Å². The van der Waals surface area contributed by atoms with Crippen molar-refractivity contribution in [3.05, 3.63) is 46.4 Å². The number of hydrogen-bond donors (Lipinski definition) is 2. The lowest BCUT2D eigenvalue weighted by molar-refractivity contribution is 0.142. The van der Waals surface area contributed by atoms with Crippen molar-refractivity contribution < 1.29 is 19.2 Å². The molecule has 0 aliphatic carbocycles. The number of halogens is 2. The molecule has 1 aromatic carbocycles. The van der Waals surface area contributed by atoms with Gasteiger partial charge in [-0.1, -0.05) is 28.4 Å². The van der Waals surface area contributed by atoms with Crippen LogP contribution in [0.25, 0.3) is 11.4 Å². The molecule has 4 rings (SSSR count). The van der Waals surface area contributed by atoms with Gasteiger partial charge in [-0.2, -0.15) is 9.97 Å². The molecule has 0 spiro atoms. The highest BCUT2D eigenvalue weighted by Crippen LogP contribution is 2.28. The molecule has 12 heteroatoms. The average molecular weight is 465 g/mol. The summed E-state index contributed by atoms with van der Waals surface area (Å²) in [6, 6.07) is 7.42. The fraction of sp³-hybridized carbons (Fsp3) is 0.316. The maximum absolute atomic E-state index is 12.1. The normalized spacial score (nSPS) is 18.0. The second-order valence-electron chi connectivity index (χ2n) is 6.96. The number of amides is 1. The van der Waals surface area contributed by atoms with E-state index in [1.165, 1.54) is 11.0 Å². The molecule has 1 saturated heterocycles. The van der Waals surface area contributed by atoms with Crippen LogP contribution in [0.2, 0.25) is 10.2 Å². The fourth-order valence-corrected chi connectivity index (χ4v) is 3.33. The smallest absolute Gasteiger partial charge is 0.416 e. The third-order valence-electron chi connectivity index (χ3n) is 4.65. The van der Waals surface area contributed by atoms with Gasteiger partial charge < -0.3 is 19.7 Å². The molecule has 3 heterocycles. The van der Waals surface area contributed by atoms with Gasteiger partial charge in [-0.3, -0.25) is 4.90 Å². The Morgan fingerprint density at radius 1 is 1.19 bits per heavy atom. The molecule has 162 valence electrons. The number of nitrogens with zero attached hydrogens (tertiary/aromatic N) is 5. The Labute approximate surface area is 187 Å². The van der Waals surface area contributed by atoms with Crippen molar-refractivity contribution in [3.63, 3.8) is 0 Å². The van der Waals surface area contributed by atoms with Crippen molar-refractivity contribution in [1.82, 2.24) is 20.1 Å². The molecular formula is C19H18Cl2N6O4. The van der Waals surface area contributed by atoms with Gasteiger partial charge in [-0.15, -0.1) is 0 Å². The molecule has 10 nitrogen and oxygen atoms in total. The highest BCUT2D eigenvalue weighted by molar-refractivity contribution is 6.30. The lowest BCUT2D eigenvalue weighted by Crippen LogP contribution is -2.41. The number of hydrogen-bond acceptors (Lipinski definition) is 9. The van der Waals surface area contributed by atoms with E-state index >= 15 is 0 Å². The quantitative estimate of drug-likeness (QED) is 0.524. The lowest BCUT2D eigenvalue weighted by atomic mass is 10.2. The number of aromatic nitrogens is 4. The zero-order valence-electron chi connectivity index (χ0n) is 16.5. The van der Waals surface area contributed by atoms with Crippen LogP contribution >= 0.6 is 23.2 Å². The number of ether oxygens (including phenoxy) is 1. The van der Waals surface area contributed by atoms with E-state index < -0.39 is 24.3 Å². The molecule has 3 aromatic rings. The van der Waals surface area contributed by atoms with Gasteiger partial charge in [-0.25, -0.2) is 9.78 Å². The average Bonchev–Trinajstić information content (AvgIpc) is 3.35. The summed E-state index contributed by atoms with van der Waals surface area (Å²) in [5.74, 6) is 1.06. The van der Waals surface area contributed by atoms with E-state index in [0.29, 0.717) is 16.7 Å². The third kappa shape index (κ3) is 4.55. The molecule has 3 atom stereocenters. The van der Waals surface area contributed by atoms with E-state index in [-0.39, 0.29) is 23.5 Å². The number of anilines is 2. The first-order chi connectivity index (χ1) is 14.8. The van der Waals surface area contributed by atoms with Gasteiger partial charge in [0.2, 0.25) is 17.7 Å². The van der Waals surface area contributed by atoms with Gasteiger partial charge in [0.25, 0.3) is 0 Å². The van der Waals surface area contributed by atoms with E-state index in [2.05, 4.69) is 25.4 Å². The highest BCUT2D eigenvalue weighted by Gasteiger charge is 2.38. The largest absolute Gasteiger partial charge is 0.447 e. The fourth-order valence-electron chi connectivity index (χ4n) is 3.03.